The second kappa shape index (κ2) is 8.09. The zero-order valence-electron chi connectivity index (χ0n) is 18.5. The molecule has 0 N–H and O–H groups in total. The Morgan fingerprint density at radius 3 is 2.79 bits per heavy atom. The van der Waals surface area contributed by atoms with E-state index in [-0.39, 0.29) is 17.8 Å². The number of amides is 1. The van der Waals surface area contributed by atoms with Crippen LogP contribution >= 0.6 is 0 Å². The van der Waals surface area contributed by atoms with Crippen LogP contribution in [0.25, 0.3) is 5.52 Å². The molecule has 172 valence electrons. The Balaban J connectivity index is 1.31. The highest BCUT2D eigenvalue weighted by Gasteiger charge is 2.34. The van der Waals surface area contributed by atoms with Gasteiger partial charge in [0.1, 0.15) is 11.6 Å². The Labute approximate surface area is 191 Å². The van der Waals surface area contributed by atoms with Gasteiger partial charge in [-0.15, -0.1) is 0 Å². The molecule has 0 bridgehead atoms. The Hall–Kier alpha value is -3.00. The average molecular weight is 452 g/mol. The van der Waals surface area contributed by atoms with Crippen LogP contribution in [0.3, 0.4) is 0 Å². The fourth-order valence-corrected chi connectivity index (χ4v) is 5.83. The topological polar surface area (TPSA) is 44.1 Å². The smallest absolute Gasteiger partial charge is 0.257 e. The van der Waals surface area contributed by atoms with Gasteiger partial charge in [0.25, 0.3) is 5.91 Å². The molecule has 1 unspecified atom stereocenters. The van der Waals surface area contributed by atoms with Crippen LogP contribution in [0.4, 0.5) is 14.5 Å². The Morgan fingerprint density at radius 2 is 1.88 bits per heavy atom. The third-order valence-corrected chi connectivity index (χ3v) is 7.51. The molecule has 2 atom stereocenters. The van der Waals surface area contributed by atoms with E-state index in [1.54, 1.807) is 10.7 Å². The normalized spacial score (nSPS) is 23.5. The summed E-state index contributed by atoms with van der Waals surface area (Å²) in [6, 6.07) is 7.77. The van der Waals surface area contributed by atoms with Gasteiger partial charge in [-0.25, -0.2) is 13.3 Å². The zero-order valence-corrected chi connectivity index (χ0v) is 18.5. The van der Waals surface area contributed by atoms with Crippen LogP contribution in [0.5, 0.6) is 0 Å². The van der Waals surface area contributed by atoms with Crippen molar-refractivity contribution < 1.29 is 13.6 Å². The molecule has 2 aromatic heterocycles. The van der Waals surface area contributed by atoms with Crippen LogP contribution in [0.2, 0.25) is 0 Å². The van der Waals surface area contributed by atoms with E-state index in [1.165, 1.54) is 18.6 Å². The van der Waals surface area contributed by atoms with E-state index >= 15 is 0 Å². The molecule has 5 heterocycles. The van der Waals surface area contributed by atoms with E-state index in [2.05, 4.69) is 14.9 Å². The maximum absolute atomic E-state index is 14.5. The summed E-state index contributed by atoms with van der Waals surface area (Å²) in [5.74, 6) is -0.803. The van der Waals surface area contributed by atoms with Crippen molar-refractivity contribution in [3.63, 3.8) is 0 Å². The number of aromatic nitrogens is 2. The lowest BCUT2D eigenvalue weighted by atomic mass is 10.0. The maximum atomic E-state index is 14.5. The molecule has 0 aliphatic carbocycles. The first-order valence-corrected chi connectivity index (χ1v) is 11.8. The number of anilines is 1. The minimum Gasteiger partial charge on any atom is -0.364 e. The van der Waals surface area contributed by atoms with Crippen molar-refractivity contribution in [1.82, 2.24) is 19.4 Å². The molecule has 3 aliphatic heterocycles. The van der Waals surface area contributed by atoms with Gasteiger partial charge in [-0.05, 0) is 62.6 Å². The molecular weight excluding hydrogens is 424 g/mol. The Kier molecular flexibility index (Phi) is 5.05. The second-order valence-electron chi connectivity index (χ2n) is 9.37. The number of rotatable bonds is 3. The van der Waals surface area contributed by atoms with Gasteiger partial charge in [-0.1, -0.05) is 0 Å². The van der Waals surface area contributed by atoms with Crippen LogP contribution in [-0.2, 0) is 0 Å². The predicted molar refractivity (Wildman–Crippen MR) is 121 cm³/mol. The molecule has 1 aromatic carbocycles. The molecule has 6 rings (SSSR count). The third-order valence-electron chi connectivity index (χ3n) is 7.51. The highest BCUT2D eigenvalue weighted by Crippen LogP contribution is 2.38. The standard InChI is InChI=1S/C25H27F2N5O/c26-17-5-6-22(27)20(13-17)23-4-2-9-31(23)18-7-10-32-24(14-18)21(15-28-32)25(33)30-12-11-29-8-1-3-19(29)16-30/h5-7,10,13-15,19,23H,1-4,8-9,11-12,16H2/t19?,23-/m1/s1. The van der Waals surface area contributed by atoms with Gasteiger partial charge in [0, 0.05) is 49.7 Å². The molecule has 6 nitrogen and oxygen atoms in total. The van der Waals surface area contributed by atoms with Gasteiger partial charge in [-0.2, -0.15) is 5.10 Å². The van der Waals surface area contributed by atoms with Crippen LogP contribution in [0, 0.1) is 11.6 Å². The molecular formula is C25H27F2N5O. The lowest BCUT2D eigenvalue weighted by Gasteiger charge is -2.37. The summed E-state index contributed by atoms with van der Waals surface area (Å²) in [7, 11) is 0. The summed E-state index contributed by atoms with van der Waals surface area (Å²) in [5.41, 5.74) is 2.61. The first-order chi connectivity index (χ1) is 16.1. The van der Waals surface area contributed by atoms with E-state index in [1.807, 2.05) is 23.2 Å². The number of carbonyl (C=O) groups excluding carboxylic acids is 1. The zero-order chi connectivity index (χ0) is 22.5. The molecule has 0 radical (unpaired) electrons. The molecule has 0 saturated carbocycles. The molecule has 0 spiro atoms. The number of benzene rings is 1. The fourth-order valence-electron chi connectivity index (χ4n) is 5.83. The van der Waals surface area contributed by atoms with Gasteiger partial charge in [0.15, 0.2) is 0 Å². The summed E-state index contributed by atoms with van der Waals surface area (Å²) in [6.07, 6.45) is 7.49. The summed E-state index contributed by atoms with van der Waals surface area (Å²) < 4.78 is 30.1. The highest BCUT2D eigenvalue weighted by atomic mass is 19.1. The van der Waals surface area contributed by atoms with E-state index in [0.29, 0.717) is 17.2 Å². The summed E-state index contributed by atoms with van der Waals surface area (Å²) in [5, 5.41) is 4.40. The van der Waals surface area contributed by atoms with Crippen molar-refractivity contribution in [2.24, 2.45) is 0 Å². The van der Waals surface area contributed by atoms with Gasteiger partial charge in [0.2, 0.25) is 0 Å². The molecule has 3 saturated heterocycles. The lowest BCUT2D eigenvalue weighted by Crippen LogP contribution is -2.52. The second-order valence-corrected chi connectivity index (χ2v) is 9.37. The number of nitrogens with zero attached hydrogens (tertiary/aromatic N) is 5. The summed E-state index contributed by atoms with van der Waals surface area (Å²) >= 11 is 0. The van der Waals surface area contributed by atoms with Crippen molar-refractivity contribution >= 4 is 17.1 Å². The quantitative estimate of drug-likeness (QED) is 0.607. The van der Waals surface area contributed by atoms with E-state index in [0.717, 1.165) is 69.3 Å². The number of halogens is 2. The van der Waals surface area contributed by atoms with Crippen molar-refractivity contribution in [3.8, 4) is 0 Å². The van der Waals surface area contributed by atoms with E-state index in [9.17, 15) is 13.6 Å². The fraction of sp³-hybridized carbons (Fsp3) is 0.440. The number of hydrogen-bond donors (Lipinski definition) is 0. The van der Waals surface area contributed by atoms with Crippen molar-refractivity contribution in [3.05, 3.63) is 65.5 Å². The first-order valence-electron chi connectivity index (χ1n) is 11.8. The molecule has 3 fully saturated rings. The molecule has 3 aliphatic rings. The van der Waals surface area contributed by atoms with Gasteiger partial charge in [0.05, 0.1) is 23.3 Å². The Bertz CT molecular complexity index is 1210. The van der Waals surface area contributed by atoms with E-state index < -0.39 is 5.82 Å². The largest absolute Gasteiger partial charge is 0.364 e. The van der Waals surface area contributed by atoms with Gasteiger partial charge in [-0.3, -0.25) is 9.69 Å². The molecule has 8 heteroatoms. The minimum absolute atomic E-state index is 0.0165. The van der Waals surface area contributed by atoms with Crippen molar-refractivity contribution in [2.75, 3.05) is 37.6 Å². The van der Waals surface area contributed by atoms with Gasteiger partial charge < -0.3 is 9.80 Å². The van der Waals surface area contributed by atoms with Crippen LogP contribution in [0.1, 0.15) is 47.6 Å². The van der Waals surface area contributed by atoms with Crippen LogP contribution < -0.4 is 4.90 Å². The molecule has 3 aromatic rings. The van der Waals surface area contributed by atoms with Crippen LogP contribution in [0.15, 0.2) is 42.7 Å². The predicted octanol–water partition coefficient (Wildman–Crippen LogP) is 3.87. The van der Waals surface area contributed by atoms with Gasteiger partial charge >= 0.3 is 0 Å². The minimum atomic E-state index is -0.431. The molecule has 33 heavy (non-hydrogen) atoms. The number of fused-ring (bicyclic) bond motifs is 2. The van der Waals surface area contributed by atoms with Crippen LogP contribution in [-0.4, -0.2) is 64.1 Å². The number of piperazine rings is 1. The van der Waals surface area contributed by atoms with Crippen molar-refractivity contribution in [2.45, 2.75) is 37.8 Å². The maximum Gasteiger partial charge on any atom is 0.257 e. The lowest BCUT2D eigenvalue weighted by molar-refractivity contribution is 0.0573. The average Bonchev–Trinajstić information content (AvgIpc) is 3.58. The summed E-state index contributed by atoms with van der Waals surface area (Å²) in [4.78, 5) is 20.0. The monoisotopic (exact) mass is 451 g/mol. The SMILES string of the molecule is O=C(c1cnn2ccc(N3CCC[C@@H]3c3cc(F)ccc3F)cc12)N1CCN2CCCC2C1. The molecule has 1 amide bonds. The summed E-state index contributed by atoms with van der Waals surface area (Å²) in [6.45, 7) is 4.31. The third kappa shape index (κ3) is 3.57. The highest BCUT2D eigenvalue weighted by molar-refractivity contribution is 6.01. The van der Waals surface area contributed by atoms with E-state index in [4.69, 9.17) is 0 Å². The number of pyridine rings is 1. The number of hydrogen-bond acceptors (Lipinski definition) is 4. The number of carbonyl (C=O) groups is 1. The Morgan fingerprint density at radius 1 is 1.00 bits per heavy atom. The van der Waals surface area contributed by atoms with Crippen molar-refractivity contribution in [1.29, 1.82) is 0 Å². The first kappa shape index (κ1) is 20.6.